The summed E-state index contributed by atoms with van der Waals surface area (Å²) in [6.07, 6.45) is 29.7. The molecule has 11 aliphatic rings. The second-order valence-corrected chi connectivity index (χ2v) is 51.7. The van der Waals surface area contributed by atoms with Crippen molar-refractivity contribution in [1.29, 1.82) is 0 Å². The molecule has 26 heteroatoms. The van der Waals surface area contributed by atoms with E-state index in [2.05, 4.69) is 349 Å². The summed E-state index contributed by atoms with van der Waals surface area (Å²) >= 11 is 0. The lowest BCUT2D eigenvalue weighted by Crippen LogP contribution is -2.64. The first-order valence-electron chi connectivity index (χ1n) is 49.8. The van der Waals surface area contributed by atoms with Crippen molar-refractivity contribution in [3.8, 4) is 0 Å². The smallest absolute Gasteiger partial charge is 0.157 e. The van der Waals surface area contributed by atoms with E-state index in [1.54, 1.807) is 0 Å². The predicted molar refractivity (Wildman–Crippen MR) is 518 cm³/mol. The molecule has 11 aliphatic heterocycles. The van der Waals surface area contributed by atoms with Gasteiger partial charge in [-0.3, -0.25) is 0 Å². The molecule has 11 N–H and O–H groups in total. The molecule has 0 aromatic rings. The number of piperidine rings is 8. The number of hydrazone groups is 3. The molecule has 26 nitrogen and oxygen atoms in total. The van der Waals surface area contributed by atoms with Crippen LogP contribution in [0.4, 0.5) is 0 Å². The summed E-state index contributed by atoms with van der Waals surface area (Å²) in [5, 5.41) is 54.8. The molecule has 0 unspecified atom stereocenters. The molecular weight excluding hydrogens is 1560 g/mol. The average molecular weight is 1750 g/mol. The summed E-state index contributed by atoms with van der Waals surface area (Å²) in [4.78, 5) is 38.5. The van der Waals surface area contributed by atoms with Gasteiger partial charge in [0, 0.05) is 183 Å². The second kappa shape index (κ2) is 37.4. The van der Waals surface area contributed by atoms with Crippen LogP contribution >= 0.6 is 0 Å². The summed E-state index contributed by atoms with van der Waals surface area (Å²) in [6, 6.07) is 0.977. The maximum absolute atomic E-state index is 7.48. The zero-order chi connectivity index (χ0) is 92.3. The molecule has 8 fully saturated rings. The van der Waals surface area contributed by atoms with Crippen LogP contribution in [0.3, 0.4) is 0 Å². The van der Waals surface area contributed by atoms with Crippen molar-refractivity contribution in [1.82, 2.24) is 104 Å². The standard InChI is InChI=1S/C99H189N23O3/c1-36-39-46-115(70-54-84(4,5)106-85(6,7)55-70)79-51-78(100-120(101-79)123-75-64-94(24,25)111-95(26,27)65-75)114(44-42-49-118(73-60-90(16,17)109-91(18,19)61-73)82-52-80(102-121(104-82)124-76-66-96(28,29)112-97(30,31)67-76)116(47-40-37-2)71-56-86(8,9)107-87(10,11)57-71)45-43-50-119(74-62-92(20,21)110-93(22,23)63-74)83-53-81(103-122(105-83)125-77-68-98(32,33)113-99(34,35)69-77)117(48-41-38-3)72-58-88(12,13)108-89(14,15)59-72/h51-53,70-77,100,104-113H,36-50,54-69H2,1-35H3. The summed E-state index contributed by atoms with van der Waals surface area (Å²) in [5.74, 6) is 5.92. The van der Waals surface area contributed by atoms with Crippen molar-refractivity contribution in [2.45, 2.75) is 534 Å². The van der Waals surface area contributed by atoms with Gasteiger partial charge in [0.15, 0.2) is 17.5 Å². The Balaban J connectivity index is 1.06. The lowest BCUT2D eigenvalue weighted by atomic mass is 9.78. The summed E-state index contributed by atoms with van der Waals surface area (Å²) in [7, 11) is 0. The number of unbranched alkanes of at least 4 members (excludes halogenated alkanes) is 3. The summed E-state index contributed by atoms with van der Waals surface area (Å²) in [5.41, 5.74) is 9.88. The highest BCUT2D eigenvalue weighted by Crippen LogP contribution is 2.43. The molecular formula is C99H189N23O3. The third kappa shape index (κ3) is 28.7. The monoisotopic (exact) mass is 1750 g/mol. The lowest BCUT2D eigenvalue weighted by Gasteiger charge is -2.52. The molecule has 0 radical (unpaired) electrons. The zero-order valence-corrected chi connectivity index (χ0v) is 86.4. The van der Waals surface area contributed by atoms with E-state index in [1.807, 2.05) is 15.8 Å². The minimum atomic E-state index is -0.169. The van der Waals surface area contributed by atoms with E-state index < -0.39 is 0 Å². The molecule has 718 valence electrons. The van der Waals surface area contributed by atoms with Crippen LogP contribution in [0, 0.1) is 0 Å². The zero-order valence-electron chi connectivity index (χ0n) is 86.4. The highest BCUT2D eigenvalue weighted by molar-refractivity contribution is 5.95. The summed E-state index contributed by atoms with van der Waals surface area (Å²) < 4.78 is 0. The highest BCUT2D eigenvalue weighted by Gasteiger charge is 2.51. The maximum atomic E-state index is 7.48. The Morgan fingerprint density at radius 2 is 0.424 bits per heavy atom. The second-order valence-electron chi connectivity index (χ2n) is 51.7. The average Bonchev–Trinajstić information content (AvgIpc) is 0.768. The lowest BCUT2D eigenvalue weighted by molar-refractivity contribution is -0.245. The molecule has 0 saturated carbocycles. The molecule has 8 saturated heterocycles. The van der Waals surface area contributed by atoms with Crippen molar-refractivity contribution in [3.05, 3.63) is 35.7 Å². The third-order valence-electron chi connectivity index (χ3n) is 28.0. The van der Waals surface area contributed by atoms with Gasteiger partial charge in [-0.15, -0.1) is 15.3 Å². The van der Waals surface area contributed by atoms with Crippen molar-refractivity contribution in [2.24, 2.45) is 15.3 Å². The Morgan fingerprint density at radius 3 is 0.632 bits per heavy atom. The molecule has 0 spiro atoms. The largest absolute Gasteiger partial charge is 0.357 e. The topological polar surface area (TPSA) is 226 Å². The first-order chi connectivity index (χ1) is 57.3. The van der Waals surface area contributed by atoms with E-state index >= 15 is 0 Å². The number of amidine groups is 3. The Labute approximate surface area is 762 Å². The van der Waals surface area contributed by atoms with Crippen molar-refractivity contribution in [3.63, 3.8) is 0 Å². The van der Waals surface area contributed by atoms with Crippen LogP contribution in [-0.2, 0) is 14.5 Å². The number of hydrazine groups is 3. The molecule has 0 aliphatic carbocycles. The van der Waals surface area contributed by atoms with E-state index in [1.165, 1.54) is 0 Å². The molecule has 11 rings (SSSR count). The van der Waals surface area contributed by atoms with Crippen LogP contribution in [0.5, 0.6) is 0 Å². The molecule has 0 atom stereocenters. The van der Waals surface area contributed by atoms with E-state index in [4.69, 9.17) is 29.8 Å². The van der Waals surface area contributed by atoms with Crippen LogP contribution in [-0.4, -0.2) is 246 Å². The molecule has 0 amide bonds. The van der Waals surface area contributed by atoms with Gasteiger partial charge in [-0.05, 0) is 356 Å². The fourth-order valence-electron chi connectivity index (χ4n) is 26.7. The van der Waals surface area contributed by atoms with Crippen molar-refractivity contribution < 1.29 is 14.5 Å². The third-order valence-corrected chi connectivity index (χ3v) is 28.0. The SMILES string of the molecule is CCCCN(C1=NN(OC2CC(C)(C)NC(C)(C)C2)NC(N(CCCN(C2=CC(N(CCCC)C3CC(C)(C)NC(C)(C)C3)=NN(OC3CC(C)(C)NC(C)(C)C3)N2)C2CC(C)(C)NC(C)(C)C2)CCCN(C2=CC(N(CCCC)C3CC(C)(C)NC(C)(C)C3)=NN(OC3CC(C)(C)NC(C)(C)C3)N2)C2CC(C)(C)NC(C)(C)C2)=C1)C1CC(C)(C)NC(C)(C)C1. The molecule has 0 aromatic heterocycles. The van der Waals surface area contributed by atoms with Gasteiger partial charge in [0.05, 0.1) is 18.3 Å². The molecule has 0 aromatic carbocycles. The van der Waals surface area contributed by atoms with Crippen LogP contribution < -0.4 is 58.8 Å². The van der Waals surface area contributed by atoms with Gasteiger partial charge in [0.2, 0.25) is 0 Å². The number of nitrogens with zero attached hydrogens (tertiary/aromatic N) is 12. The summed E-state index contributed by atoms with van der Waals surface area (Å²) in [6.45, 7) is 88.4. The minimum Gasteiger partial charge on any atom is -0.357 e. The minimum absolute atomic E-state index is 0.0871. The van der Waals surface area contributed by atoms with Gasteiger partial charge in [-0.25, -0.2) is 30.8 Å². The molecule has 11 heterocycles. The van der Waals surface area contributed by atoms with Gasteiger partial charge in [0.25, 0.3) is 0 Å². The predicted octanol–water partition coefficient (Wildman–Crippen LogP) is 16.2. The van der Waals surface area contributed by atoms with Crippen LogP contribution in [0.15, 0.2) is 51.0 Å². The quantitative estimate of drug-likeness (QED) is 0.0310. The van der Waals surface area contributed by atoms with Gasteiger partial charge in [-0.2, -0.15) is 0 Å². The van der Waals surface area contributed by atoms with Crippen molar-refractivity contribution in [2.75, 3.05) is 45.8 Å². The van der Waals surface area contributed by atoms with Crippen LogP contribution in [0.25, 0.3) is 0 Å². The molecule has 125 heavy (non-hydrogen) atoms. The van der Waals surface area contributed by atoms with Crippen molar-refractivity contribution >= 4 is 17.5 Å². The number of hydrogen-bond acceptors (Lipinski definition) is 26. The highest BCUT2D eigenvalue weighted by atomic mass is 16.8. The normalized spacial score (nSPS) is 27.5. The number of rotatable bonds is 31. The van der Waals surface area contributed by atoms with E-state index in [0.717, 1.165) is 235 Å². The Bertz CT molecular complexity index is 3500. The van der Waals surface area contributed by atoms with Gasteiger partial charge in [0.1, 0.15) is 17.5 Å². The maximum Gasteiger partial charge on any atom is 0.157 e. The van der Waals surface area contributed by atoms with Crippen LogP contribution in [0.2, 0.25) is 0 Å². The van der Waals surface area contributed by atoms with Gasteiger partial charge >= 0.3 is 0 Å². The van der Waals surface area contributed by atoms with Gasteiger partial charge < -0.3 is 71.9 Å². The fraction of sp³-hybridized carbons (Fsp3) is 0.909. The Kier molecular flexibility index (Phi) is 30.2. The van der Waals surface area contributed by atoms with Crippen LogP contribution in [0.1, 0.15) is 396 Å². The van der Waals surface area contributed by atoms with E-state index in [-0.39, 0.29) is 137 Å². The number of nitrogens with one attached hydrogen (secondary N) is 11. The Morgan fingerprint density at radius 1 is 0.248 bits per heavy atom. The van der Waals surface area contributed by atoms with E-state index in [0.29, 0.717) is 0 Å². The number of hydrogen-bond donors (Lipinski definition) is 11. The van der Waals surface area contributed by atoms with E-state index in [9.17, 15) is 0 Å². The first kappa shape index (κ1) is 101. The fourth-order valence-corrected chi connectivity index (χ4v) is 26.7. The first-order valence-corrected chi connectivity index (χ1v) is 49.8. The Hall–Kier alpha value is -4.61. The molecule has 0 bridgehead atoms. The van der Waals surface area contributed by atoms with Gasteiger partial charge in [-0.1, -0.05) is 55.9 Å².